The van der Waals surface area contributed by atoms with Crippen LogP contribution in [0.5, 0.6) is 5.88 Å². The number of aryl methyl sites for hydroxylation is 1. The second-order valence-corrected chi connectivity index (χ2v) is 9.36. The molecule has 10 nitrogen and oxygen atoms in total. The third-order valence-electron chi connectivity index (χ3n) is 5.53. The highest BCUT2D eigenvalue weighted by molar-refractivity contribution is 7.88. The molecule has 0 saturated carbocycles. The van der Waals surface area contributed by atoms with Crippen LogP contribution in [0.2, 0.25) is 0 Å². The fourth-order valence-corrected chi connectivity index (χ4v) is 5.29. The molecular formula is C16H27N5O5S. The molecule has 2 atom stereocenters. The molecule has 3 rings (SSSR count). The number of sulfonamides is 1. The molecule has 3 heterocycles. The number of hydrogen-bond acceptors (Lipinski definition) is 8. The van der Waals surface area contributed by atoms with E-state index in [9.17, 15) is 13.2 Å². The van der Waals surface area contributed by atoms with E-state index in [1.165, 1.54) is 10.6 Å². The summed E-state index contributed by atoms with van der Waals surface area (Å²) in [5.74, 6) is 0.202. The van der Waals surface area contributed by atoms with Crippen molar-refractivity contribution in [1.29, 1.82) is 0 Å². The normalized spacial score (nSPS) is 27.1. The Hall–Kier alpha value is -1.72. The standard InChI is InChI=1S/C16H27N5O5S/c1-12-14(19-26-18-12)25-10-7-17-15(22)16-5-4-8-21(27(3,23)24)13(16)11-20(2)9-6-16/h13H,4-11H2,1-3H3,(H,17,22)/t13-,16+/m0/s1. The fourth-order valence-electron chi connectivity index (χ4n) is 4.10. The Kier molecular flexibility index (Phi) is 5.73. The fraction of sp³-hybridized carbons (Fsp3) is 0.812. The largest absolute Gasteiger partial charge is 0.472 e. The molecule has 1 aromatic heterocycles. The number of likely N-dealkylation sites (tertiary alicyclic amines) is 1. The van der Waals surface area contributed by atoms with Crippen LogP contribution in [0, 0.1) is 12.3 Å². The highest BCUT2D eigenvalue weighted by Crippen LogP contribution is 2.43. The maximum atomic E-state index is 13.1. The van der Waals surface area contributed by atoms with E-state index in [1.54, 1.807) is 6.92 Å². The minimum Gasteiger partial charge on any atom is -0.472 e. The van der Waals surface area contributed by atoms with Gasteiger partial charge in [0.25, 0.3) is 5.88 Å². The topological polar surface area (TPSA) is 118 Å². The zero-order valence-corrected chi connectivity index (χ0v) is 16.8. The third kappa shape index (κ3) is 4.09. The number of fused-ring (bicyclic) bond motifs is 1. The van der Waals surface area contributed by atoms with Crippen molar-refractivity contribution >= 4 is 15.9 Å². The molecule has 0 spiro atoms. The molecule has 2 aliphatic heterocycles. The van der Waals surface area contributed by atoms with Gasteiger partial charge in [-0.25, -0.2) is 13.0 Å². The van der Waals surface area contributed by atoms with Crippen molar-refractivity contribution in [3.8, 4) is 5.88 Å². The minimum absolute atomic E-state index is 0.104. The van der Waals surface area contributed by atoms with E-state index >= 15 is 0 Å². The summed E-state index contributed by atoms with van der Waals surface area (Å²) in [5.41, 5.74) is -0.148. The van der Waals surface area contributed by atoms with Crippen molar-refractivity contribution < 1.29 is 22.6 Å². The first-order valence-electron chi connectivity index (χ1n) is 9.10. The lowest BCUT2D eigenvalue weighted by molar-refractivity contribution is -0.141. The molecule has 1 aromatic rings. The van der Waals surface area contributed by atoms with Crippen LogP contribution in [0.15, 0.2) is 4.63 Å². The third-order valence-corrected chi connectivity index (χ3v) is 6.82. The highest BCUT2D eigenvalue weighted by Gasteiger charge is 2.54. The SMILES string of the molecule is Cc1nonc1OCCNC(=O)[C@@]12CCCN(S(C)(=O)=O)[C@H]1CN(C)CC2. The lowest BCUT2D eigenvalue weighted by Crippen LogP contribution is -2.66. The number of carbonyl (C=O) groups excluding carboxylic acids is 1. The van der Waals surface area contributed by atoms with Gasteiger partial charge in [0.1, 0.15) is 12.3 Å². The number of rotatable bonds is 6. The summed E-state index contributed by atoms with van der Waals surface area (Å²) in [7, 11) is -1.42. The molecule has 1 N–H and O–H groups in total. The Morgan fingerprint density at radius 1 is 1.37 bits per heavy atom. The molecule has 0 radical (unpaired) electrons. The van der Waals surface area contributed by atoms with Gasteiger partial charge in [0.05, 0.1) is 24.3 Å². The number of piperidine rings is 2. The van der Waals surface area contributed by atoms with Crippen LogP contribution in [0.1, 0.15) is 25.0 Å². The Morgan fingerprint density at radius 3 is 2.81 bits per heavy atom. The summed E-state index contributed by atoms with van der Waals surface area (Å²) in [5, 5.41) is 10.2. The monoisotopic (exact) mass is 401 g/mol. The van der Waals surface area contributed by atoms with E-state index < -0.39 is 15.4 Å². The lowest BCUT2D eigenvalue weighted by atomic mass is 9.68. The second kappa shape index (κ2) is 7.72. The number of amides is 1. The van der Waals surface area contributed by atoms with E-state index in [1.807, 2.05) is 7.05 Å². The Balaban J connectivity index is 1.67. The Labute approximate surface area is 159 Å². The average Bonchev–Trinajstić information content (AvgIpc) is 3.02. The molecule has 2 aliphatic rings. The number of aromatic nitrogens is 2. The molecule has 2 fully saturated rings. The van der Waals surface area contributed by atoms with Crippen LogP contribution in [-0.2, 0) is 14.8 Å². The quantitative estimate of drug-likeness (QED) is 0.641. The summed E-state index contributed by atoms with van der Waals surface area (Å²) in [6.45, 7) is 4.04. The molecular weight excluding hydrogens is 374 g/mol. The predicted octanol–water partition coefficient (Wildman–Crippen LogP) is -0.381. The number of hydrogen-bond donors (Lipinski definition) is 1. The van der Waals surface area contributed by atoms with E-state index in [0.29, 0.717) is 50.5 Å². The van der Waals surface area contributed by atoms with Crippen molar-refractivity contribution in [2.75, 3.05) is 46.1 Å². The zero-order valence-electron chi connectivity index (χ0n) is 16.0. The minimum atomic E-state index is -3.37. The van der Waals surface area contributed by atoms with E-state index in [2.05, 4.69) is 25.2 Å². The number of ether oxygens (including phenoxy) is 1. The first kappa shape index (κ1) is 20.0. The smallest absolute Gasteiger partial charge is 0.278 e. The summed E-state index contributed by atoms with van der Waals surface area (Å²) in [4.78, 5) is 15.2. The summed E-state index contributed by atoms with van der Waals surface area (Å²) in [6.07, 6.45) is 3.23. The van der Waals surface area contributed by atoms with Crippen LogP contribution in [0.4, 0.5) is 0 Å². The summed E-state index contributed by atoms with van der Waals surface area (Å²) >= 11 is 0. The maximum Gasteiger partial charge on any atom is 0.278 e. The van der Waals surface area contributed by atoms with Gasteiger partial charge in [0.15, 0.2) is 0 Å². The first-order valence-corrected chi connectivity index (χ1v) is 10.9. The predicted molar refractivity (Wildman–Crippen MR) is 96.7 cm³/mol. The van der Waals surface area contributed by atoms with Crippen LogP contribution in [0.3, 0.4) is 0 Å². The van der Waals surface area contributed by atoms with Gasteiger partial charge in [0.2, 0.25) is 15.9 Å². The molecule has 1 amide bonds. The molecule has 0 aromatic carbocycles. The van der Waals surface area contributed by atoms with E-state index in [-0.39, 0.29) is 18.6 Å². The Morgan fingerprint density at radius 2 is 2.15 bits per heavy atom. The van der Waals surface area contributed by atoms with Crippen molar-refractivity contribution in [2.45, 2.75) is 32.2 Å². The Bertz CT molecular complexity index is 782. The van der Waals surface area contributed by atoms with Crippen LogP contribution < -0.4 is 10.1 Å². The first-order chi connectivity index (χ1) is 12.7. The molecule has 27 heavy (non-hydrogen) atoms. The van der Waals surface area contributed by atoms with Crippen LogP contribution >= 0.6 is 0 Å². The van der Waals surface area contributed by atoms with Gasteiger partial charge in [-0.15, -0.1) is 0 Å². The number of nitrogens with zero attached hydrogens (tertiary/aromatic N) is 4. The average molecular weight is 401 g/mol. The lowest BCUT2D eigenvalue weighted by Gasteiger charge is -2.52. The van der Waals surface area contributed by atoms with E-state index in [0.717, 1.165) is 6.54 Å². The van der Waals surface area contributed by atoms with Crippen molar-refractivity contribution in [1.82, 2.24) is 24.8 Å². The van der Waals surface area contributed by atoms with Gasteiger partial charge >= 0.3 is 0 Å². The van der Waals surface area contributed by atoms with Gasteiger partial charge in [-0.3, -0.25) is 4.79 Å². The molecule has 2 saturated heterocycles. The molecule has 0 aliphatic carbocycles. The second-order valence-electron chi connectivity index (χ2n) is 7.42. The van der Waals surface area contributed by atoms with E-state index in [4.69, 9.17) is 4.74 Å². The molecule has 11 heteroatoms. The van der Waals surface area contributed by atoms with Crippen molar-refractivity contribution in [3.05, 3.63) is 5.69 Å². The van der Waals surface area contributed by atoms with Gasteiger partial charge < -0.3 is 15.0 Å². The number of carbonyl (C=O) groups is 1. The number of likely N-dealkylation sites (N-methyl/N-ethyl adjacent to an activating group) is 1. The van der Waals surface area contributed by atoms with Crippen LogP contribution in [0.25, 0.3) is 0 Å². The van der Waals surface area contributed by atoms with Crippen LogP contribution in [-0.4, -0.2) is 86.0 Å². The molecule has 0 bridgehead atoms. The van der Waals surface area contributed by atoms with Crippen molar-refractivity contribution in [2.24, 2.45) is 5.41 Å². The zero-order chi connectivity index (χ0) is 19.7. The summed E-state index contributed by atoms with van der Waals surface area (Å²) < 4.78 is 36.1. The van der Waals surface area contributed by atoms with Gasteiger partial charge in [-0.05, 0) is 44.9 Å². The summed E-state index contributed by atoms with van der Waals surface area (Å²) in [6, 6.07) is -0.345. The van der Waals surface area contributed by atoms with Crippen molar-refractivity contribution in [3.63, 3.8) is 0 Å². The van der Waals surface area contributed by atoms with Gasteiger partial charge in [-0.1, -0.05) is 5.16 Å². The maximum absolute atomic E-state index is 13.1. The van der Waals surface area contributed by atoms with Gasteiger partial charge in [-0.2, -0.15) is 4.31 Å². The highest BCUT2D eigenvalue weighted by atomic mass is 32.2. The van der Waals surface area contributed by atoms with Gasteiger partial charge in [0, 0.05) is 13.1 Å². The number of nitrogens with one attached hydrogen (secondary N) is 1. The molecule has 152 valence electrons. The molecule has 0 unspecified atom stereocenters.